The van der Waals surface area contributed by atoms with Gasteiger partial charge in [-0.15, -0.1) is 0 Å². The van der Waals surface area contributed by atoms with Crippen LogP contribution in [0.25, 0.3) is 0 Å². The molecule has 0 radical (unpaired) electrons. The van der Waals surface area contributed by atoms with Gasteiger partial charge in [0.25, 0.3) is 0 Å². The molecule has 0 bridgehead atoms. The fraction of sp³-hybridized carbons (Fsp3) is 0.583. The van der Waals surface area contributed by atoms with Gasteiger partial charge in [0.15, 0.2) is 18.0 Å². The number of hydrogen-bond acceptors (Lipinski definition) is 12. The van der Waals surface area contributed by atoms with E-state index >= 15 is 0 Å². The third-order valence-electron chi connectivity index (χ3n) is 3.20. The molecule has 1 fully saturated rings. The van der Waals surface area contributed by atoms with Crippen molar-refractivity contribution in [3.8, 4) is 0 Å². The van der Waals surface area contributed by atoms with Crippen molar-refractivity contribution in [2.24, 2.45) is 0 Å². The maximum absolute atomic E-state index is 11.6. The Balaban J connectivity index is 2.97. The van der Waals surface area contributed by atoms with E-state index in [1.165, 1.54) is 0 Å². The molecule has 6 atom stereocenters. The van der Waals surface area contributed by atoms with Crippen LogP contribution in [-0.4, -0.2) is 102 Å². The van der Waals surface area contributed by atoms with Crippen LogP contribution in [0.1, 0.15) is 0 Å². The first-order valence-corrected chi connectivity index (χ1v) is 6.62. The zero-order chi connectivity index (χ0) is 19.5. The first-order valence-electron chi connectivity index (χ1n) is 6.62. The van der Waals surface area contributed by atoms with Crippen molar-refractivity contribution in [2.75, 3.05) is 6.61 Å². The first kappa shape index (κ1) is 20.6. The molecule has 0 aliphatic carbocycles. The summed E-state index contributed by atoms with van der Waals surface area (Å²) in [6.45, 7) is -1.05. The molecule has 0 spiro atoms. The summed E-state index contributed by atoms with van der Waals surface area (Å²) in [4.78, 5) is 33.9. The highest BCUT2D eigenvalue weighted by Crippen LogP contribution is 2.22. The van der Waals surface area contributed by atoms with Crippen molar-refractivity contribution >= 4 is 17.9 Å². The van der Waals surface area contributed by atoms with E-state index in [1.54, 1.807) is 0 Å². The summed E-state index contributed by atoms with van der Waals surface area (Å²) in [5, 5.41) is 73.6. The molecule has 13 nitrogen and oxygen atoms in total. The second kappa shape index (κ2) is 8.09. The molecule has 0 unspecified atom stereocenters. The average molecular weight is 368 g/mol. The second-order valence-corrected chi connectivity index (χ2v) is 4.93. The monoisotopic (exact) mass is 368 g/mol. The van der Waals surface area contributed by atoms with Crippen molar-refractivity contribution in [3.05, 3.63) is 11.5 Å². The van der Waals surface area contributed by atoms with Crippen LogP contribution in [0, 0.1) is 0 Å². The molecule has 142 valence electrons. The number of carboxylic acids is 1. The van der Waals surface area contributed by atoms with Gasteiger partial charge < -0.3 is 50.3 Å². The lowest BCUT2D eigenvalue weighted by Gasteiger charge is -2.21. The van der Waals surface area contributed by atoms with Crippen LogP contribution in [-0.2, 0) is 23.9 Å². The van der Waals surface area contributed by atoms with Gasteiger partial charge in [-0.1, -0.05) is 0 Å². The number of cyclic esters (lactones) is 1. The number of hydrogen-bond donors (Lipinski definition) is 8. The van der Waals surface area contributed by atoms with Crippen LogP contribution in [0.15, 0.2) is 11.5 Å². The second-order valence-electron chi connectivity index (χ2n) is 4.93. The quantitative estimate of drug-likeness (QED) is 0.121. The van der Waals surface area contributed by atoms with E-state index in [1.807, 2.05) is 0 Å². The highest BCUT2D eigenvalue weighted by atomic mass is 16.6. The lowest BCUT2D eigenvalue weighted by Crippen LogP contribution is -2.45. The Hall–Kier alpha value is -2.45. The van der Waals surface area contributed by atoms with Gasteiger partial charge in [0.1, 0.15) is 18.3 Å². The SMILES string of the molecule is O=C(O[C@H](C(=O)O)[C@H]1OC(=O)[C@H](O)[C@H]1O)/C(O)=C(/O)[C@H](O)[C@H](O)CO. The molecular formula is C12H16O13. The summed E-state index contributed by atoms with van der Waals surface area (Å²) in [6, 6.07) is 0. The van der Waals surface area contributed by atoms with Gasteiger partial charge in [0.05, 0.1) is 6.61 Å². The zero-order valence-corrected chi connectivity index (χ0v) is 12.3. The number of carbonyl (C=O) groups excluding carboxylic acids is 2. The molecule has 0 aromatic heterocycles. The summed E-state index contributed by atoms with van der Waals surface area (Å²) in [7, 11) is 0. The lowest BCUT2D eigenvalue weighted by molar-refractivity contribution is -0.177. The van der Waals surface area contributed by atoms with Gasteiger partial charge in [0.2, 0.25) is 11.9 Å². The van der Waals surface area contributed by atoms with Gasteiger partial charge in [-0.25, -0.2) is 14.4 Å². The third-order valence-corrected chi connectivity index (χ3v) is 3.20. The van der Waals surface area contributed by atoms with Crippen molar-refractivity contribution in [2.45, 2.75) is 36.6 Å². The molecule has 8 N–H and O–H groups in total. The maximum atomic E-state index is 11.6. The number of aliphatic hydroxyl groups excluding tert-OH is 7. The molecule has 0 saturated carbocycles. The van der Waals surface area contributed by atoms with E-state index in [4.69, 9.17) is 15.3 Å². The maximum Gasteiger partial charge on any atom is 0.378 e. The van der Waals surface area contributed by atoms with E-state index in [9.17, 15) is 39.9 Å². The van der Waals surface area contributed by atoms with E-state index in [2.05, 4.69) is 9.47 Å². The fourth-order valence-corrected chi connectivity index (χ4v) is 1.79. The predicted octanol–water partition coefficient (Wildman–Crippen LogP) is -4.33. The van der Waals surface area contributed by atoms with Gasteiger partial charge in [0, 0.05) is 0 Å². The Labute approximate surface area is 138 Å². The van der Waals surface area contributed by atoms with E-state index < -0.39 is 72.7 Å². The topological polar surface area (TPSA) is 232 Å². The molecular weight excluding hydrogens is 352 g/mol. The summed E-state index contributed by atoms with van der Waals surface area (Å²) in [5.74, 6) is -8.45. The number of aliphatic hydroxyl groups is 7. The standard InChI is InChI=1S/C12H16O13/c13-1-2(14)3(15)4(16)6(18)11(22)25-9(10(20)21)8-5(17)7(19)12(23)24-8/h2-3,5,7-9,13-19H,1H2,(H,20,21)/b6-4-/t2-,3-,5-,7-,8+,9+/m1/s1. The summed E-state index contributed by atoms with van der Waals surface area (Å²) in [5.41, 5.74) is 0. The Morgan fingerprint density at radius 1 is 1.16 bits per heavy atom. The van der Waals surface area contributed by atoms with Crippen LogP contribution >= 0.6 is 0 Å². The molecule has 1 aliphatic rings. The van der Waals surface area contributed by atoms with Gasteiger partial charge >= 0.3 is 17.9 Å². The number of carbonyl (C=O) groups is 3. The van der Waals surface area contributed by atoms with Crippen LogP contribution < -0.4 is 0 Å². The van der Waals surface area contributed by atoms with Crippen LogP contribution in [0.3, 0.4) is 0 Å². The molecule has 1 heterocycles. The Kier molecular flexibility index (Phi) is 6.66. The molecule has 13 heteroatoms. The number of rotatable bonds is 7. The fourth-order valence-electron chi connectivity index (χ4n) is 1.79. The van der Waals surface area contributed by atoms with Crippen LogP contribution in [0.5, 0.6) is 0 Å². The molecule has 1 saturated heterocycles. The zero-order valence-electron chi connectivity index (χ0n) is 12.3. The van der Waals surface area contributed by atoms with Crippen LogP contribution in [0.2, 0.25) is 0 Å². The molecule has 1 aliphatic heterocycles. The van der Waals surface area contributed by atoms with Crippen LogP contribution in [0.4, 0.5) is 0 Å². The highest BCUT2D eigenvalue weighted by molar-refractivity contribution is 5.89. The van der Waals surface area contributed by atoms with Gasteiger partial charge in [-0.05, 0) is 0 Å². The minimum atomic E-state index is -2.38. The number of ether oxygens (including phenoxy) is 2. The predicted molar refractivity (Wildman–Crippen MR) is 70.8 cm³/mol. The Morgan fingerprint density at radius 3 is 2.12 bits per heavy atom. The third kappa shape index (κ3) is 4.34. The lowest BCUT2D eigenvalue weighted by atomic mass is 10.1. The average Bonchev–Trinajstić information content (AvgIpc) is 2.83. The van der Waals surface area contributed by atoms with Crippen molar-refractivity contribution < 1.29 is 64.7 Å². The highest BCUT2D eigenvalue weighted by Gasteiger charge is 2.51. The van der Waals surface area contributed by atoms with Crippen molar-refractivity contribution in [1.29, 1.82) is 0 Å². The largest absolute Gasteiger partial charge is 0.506 e. The van der Waals surface area contributed by atoms with Crippen molar-refractivity contribution in [3.63, 3.8) is 0 Å². The number of esters is 2. The number of aliphatic carboxylic acids is 1. The molecule has 0 aromatic carbocycles. The van der Waals surface area contributed by atoms with E-state index in [0.29, 0.717) is 0 Å². The summed E-state index contributed by atoms with van der Waals surface area (Å²) >= 11 is 0. The first-order chi connectivity index (χ1) is 11.5. The number of carboxylic acid groups (broad SMARTS) is 1. The summed E-state index contributed by atoms with van der Waals surface area (Å²) < 4.78 is 8.67. The van der Waals surface area contributed by atoms with E-state index in [-0.39, 0.29) is 0 Å². The normalized spacial score (nSPS) is 27.7. The minimum Gasteiger partial charge on any atom is -0.506 e. The molecule has 0 amide bonds. The Morgan fingerprint density at radius 2 is 1.72 bits per heavy atom. The van der Waals surface area contributed by atoms with Gasteiger partial charge in [-0.3, -0.25) is 0 Å². The smallest absolute Gasteiger partial charge is 0.378 e. The summed E-state index contributed by atoms with van der Waals surface area (Å²) in [6.07, 6.45) is -12.8. The molecule has 1 rings (SSSR count). The van der Waals surface area contributed by atoms with Gasteiger partial charge in [-0.2, -0.15) is 0 Å². The van der Waals surface area contributed by atoms with Crippen molar-refractivity contribution in [1.82, 2.24) is 0 Å². The molecule has 25 heavy (non-hydrogen) atoms. The van der Waals surface area contributed by atoms with E-state index in [0.717, 1.165) is 0 Å². The minimum absolute atomic E-state index is 1.05. The Bertz CT molecular complexity index is 569. The molecule has 0 aromatic rings.